The molecule has 0 bridgehead atoms. The summed E-state index contributed by atoms with van der Waals surface area (Å²) in [6, 6.07) is 0.121. The first-order chi connectivity index (χ1) is 7.73. The predicted octanol–water partition coefficient (Wildman–Crippen LogP) is 2.91. The first-order valence-corrected chi connectivity index (χ1v) is 9.07. The van der Waals surface area contributed by atoms with Gasteiger partial charge in [-0.1, -0.05) is 49.5 Å². The topological polar surface area (TPSA) is 46.2 Å². The SMILES string of the molecule is CC(C)(C)CS(=O)(=O)NC1CCCCC1CBr. The summed E-state index contributed by atoms with van der Waals surface area (Å²) in [6.07, 6.45) is 4.44. The molecule has 2 atom stereocenters. The van der Waals surface area contributed by atoms with Gasteiger partial charge in [-0.3, -0.25) is 0 Å². The van der Waals surface area contributed by atoms with Crippen LogP contribution in [0, 0.1) is 11.3 Å². The number of nitrogens with one attached hydrogen (secondary N) is 1. The molecular weight excluding hydrogens is 302 g/mol. The van der Waals surface area contributed by atoms with Crippen LogP contribution in [0.1, 0.15) is 46.5 Å². The van der Waals surface area contributed by atoms with Crippen LogP contribution in [0.15, 0.2) is 0 Å². The van der Waals surface area contributed by atoms with E-state index in [1.807, 2.05) is 20.8 Å². The highest BCUT2D eigenvalue weighted by atomic mass is 79.9. The molecule has 0 saturated heterocycles. The zero-order valence-electron chi connectivity index (χ0n) is 11.0. The van der Waals surface area contributed by atoms with Crippen molar-refractivity contribution in [3.8, 4) is 0 Å². The van der Waals surface area contributed by atoms with Gasteiger partial charge in [0.05, 0.1) is 5.75 Å². The molecular formula is C12H24BrNO2S. The molecule has 102 valence electrons. The maximum atomic E-state index is 12.0. The second-order valence-electron chi connectivity index (χ2n) is 6.24. The van der Waals surface area contributed by atoms with Gasteiger partial charge in [-0.15, -0.1) is 0 Å². The molecule has 1 aliphatic rings. The zero-order chi connectivity index (χ0) is 13.1. The van der Waals surface area contributed by atoms with Crippen molar-refractivity contribution >= 4 is 26.0 Å². The Hall–Kier alpha value is 0.390. The lowest BCUT2D eigenvalue weighted by Crippen LogP contribution is -2.45. The van der Waals surface area contributed by atoms with Gasteiger partial charge < -0.3 is 0 Å². The Kier molecular flexibility index (Phi) is 5.47. The Morgan fingerprint density at radius 2 is 1.82 bits per heavy atom. The van der Waals surface area contributed by atoms with Gasteiger partial charge in [-0.2, -0.15) is 0 Å². The van der Waals surface area contributed by atoms with Crippen LogP contribution in [0.3, 0.4) is 0 Å². The van der Waals surface area contributed by atoms with Gasteiger partial charge in [-0.05, 0) is 24.2 Å². The second-order valence-corrected chi connectivity index (χ2v) is 8.64. The molecule has 0 aliphatic heterocycles. The highest BCUT2D eigenvalue weighted by Crippen LogP contribution is 2.27. The molecule has 0 aromatic heterocycles. The van der Waals surface area contributed by atoms with E-state index in [1.54, 1.807) is 0 Å². The number of halogens is 1. The van der Waals surface area contributed by atoms with Crippen molar-refractivity contribution in [3.05, 3.63) is 0 Å². The summed E-state index contributed by atoms with van der Waals surface area (Å²) in [5, 5.41) is 0.885. The van der Waals surface area contributed by atoms with E-state index in [4.69, 9.17) is 0 Å². The van der Waals surface area contributed by atoms with Crippen LogP contribution in [0.25, 0.3) is 0 Å². The number of rotatable bonds is 4. The van der Waals surface area contributed by atoms with Crippen LogP contribution in [-0.2, 0) is 10.0 Å². The molecule has 3 nitrogen and oxygen atoms in total. The molecule has 1 fully saturated rings. The summed E-state index contributed by atoms with van der Waals surface area (Å²) in [7, 11) is -3.15. The Morgan fingerprint density at radius 1 is 1.24 bits per heavy atom. The van der Waals surface area contributed by atoms with E-state index in [2.05, 4.69) is 20.7 Å². The monoisotopic (exact) mass is 325 g/mol. The lowest BCUT2D eigenvalue weighted by atomic mass is 9.87. The summed E-state index contributed by atoms with van der Waals surface area (Å²) in [6.45, 7) is 5.86. The molecule has 1 rings (SSSR count). The summed E-state index contributed by atoms with van der Waals surface area (Å²) in [5.74, 6) is 0.643. The Morgan fingerprint density at radius 3 is 2.35 bits per heavy atom. The molecule has 2 unspecified atom stereocenters. The Labute approximate surface area is 114 Å². The molecule has 0 aromatic carbocycles. The summed E-state index contributed by atoms with van der Waals surface area (Å²) in [4.78, 5) is 0. The third-order valence-corrected chi connectivity index (χ3v) is 5.80. The Bertz CT molecular complexity index is 335. The lowest BCUT2D eigenvalue weighted by molar-refractivity contribution is 0.315. The number of hydrogen-bond acceptors (Lipinski definition) is 2. The van der Waals surface area contributed by atoms with E-state index in [1.165, 1.54) is 6.42 Å². The maximum absolute atomic E-state index is 12.0. The van der Waals surface area contributed by atoms with Gasteiger partial charge in [0.25, 0.3) is 0 Å². The van der Waals surface area contributed by atoms with Gasteiger partial charge in [-0.25, -0.2) is 13.1 Å². The zero-order valence-corrected chi connectivity index (χ0v) is 13.4. The lowest BCUT2D eigenvalue weighted by Gasteiger charge is -2.31. The second kappa shape index (κ2) is 6.02. The minimum atomic E-state index is -3.15. The standard InChI is InChI=1S/C12H24BrNO2S/c1-12(2,3)9-17(15,16)14-11-7-5-4-6-10(11)8-13/h10-11,14H,4-9H2,1-3H3. The van der Waals surface area contributed by atoms with Crippen LogP contribution in [0.4, 0.5) is 0 Å². The van der Waals surface area contributed by atoms with Crippen molar-refractivity contribution < 1.29 is 8.42 Å². The molecule has 17 heavy (non-hydrogen) atoms. The van der Waals surface area contributed by atoms with E-state index in [-0.39, 0.29) is 17.2 Å². The minimum absolute atomic E-state index is 0.121. The quantitative estimate of drug-likeness (QED) is 0.808. The predicted molar refractivity (Wildman–Crippen MR) is 75.9 cm³/mol. The summed E-state index contributed by atoms with van der Waals surface area (Å²) in [5.41, 5.74) is -0.190. The summed E-state index contributed by atoms with van der Waals surface area (Å²) >= 11 is 3.49. The van der Waals surface area contributed by atoms with Gasteiger partial charge >= 0.3 is 0 Å². The van der Waals surface area contributed by atoms with E-state index in [0.717, 1.165) is 24.6 Å². The van der Waals surface area contributed by atoms with E-state index >= 15 is 0 Å². The fourth-order valence-electron chi connectivity index (χ4n) is 2.39. The molecule has 0 heterocycles. The van der Waals surface area contributed by atoms with Crippen LogP contribution < -0.4 is 4.72 Å². The van der Waals surface area contributed by atoms with Crippen LogP contribution in [-0.4, -0.2) is 25.5 Å². The number of hydrogen-bond donors (Lipinski definition) is 1. The highest BCUT2D eigenvalue weighted by Gasteiger charge is 2.30. The fourth-order valence-corrected chi connectivity index (χ4v) is 5.16. The van der Waals surface area contributed by atoms with E-state index in [9.17, 15) is 8.42 Å². The first kappa shape index (κ1) is 15.4. The molecule has 0 spiro atoms. The smallest absolute Gasteiger partial charge is 0.212 e. The van der Waals surface area contributed by atoms with Gasteiger partial charge in [0, 0.05) is 11.4 Å². The third kappa shape index (κ3) is 5.71. The van der Waals surface area contributed by atoms with Crippen molar-refractivity contribution in [2.45, 2.75) is 52.5 Å². The number of sulfonamides is 1. The molecule has 1 aliphatic carbocycles. The largest absolute Gasteiger partial charge is 0.212 e. The van der Waals surface area contributed by atoms with Crippen molar-refractivity contribution in [2.75, 3.05) is 11.1 Å². The van der Waals surface area contributed by atoms with Crippen molar-refractivity contribution in [1.82, 2.24) is 4.72 Å². The van der Waals surface area contributed by atoms with Gasteiger partial charge in [0.1, 0.15) is 0 Å². The fraction of sp³-hybridized carbons (Fsp3) is 1.00. The molecule has 0 aromatic rings. The van der Waals surface area contributed by atoms with Gasteiger partial charge in [0.15, 0.2) is 0 Å². The van der Waals surface area contributed by atoms with Crippen molar-refractivity contribution in [1.29, 1.82) is 0 Å². The van der Waals surface area contributed by atoms with Crippen molar-refractivity contribution in [2.24, 2.45) is 11.3 Å². The number of alkyl halides is 1. The molecule has 5 heteroatoms. The van der Waals surface area contributed by atoms with Gasteiger partial charge in [0.2, 0.25) is 10.0 Å². The average Bonchev–Trinajstić information content (AvgIpc) is 2.14. The van der Waals surface area contributed by atoms with Crippen molar-refractivity contribution in [3.63, 3.8) is 0 Å². The van der Waals surface area contributed by atoms with Crippen LogP contribution in [0.5, 0.6) is 0 Å². The first-order valence-electron chi connectivity index (χ1n) is 6.29. The van der Waals surface area contributed by atoms with Crippen LogP contribution in [0.2, 0.25) is 0 Å². The summed E-state index contributed by atoms with van der Waals surface area (Å²) < 4.78 is 27.0. The normalized spacial score (nSPS) is 27.1. The average molecular weight is 326 g/mol. The van der Waals surface area contributed by atoms with E-state index in [0.29, 0.717) is 5.92 Å². The molecule has 1 saturated carbocycles. The van der Waals surface area contributed by atoms with Crippen LogP contribution >= 0.6 is 15.9 Å². The molecule has 0 radical (unpaired) electrons. The highest BCUT2D eigenvalue weighted by molar-refractivity contribution is 9.09. The van der Waals surface area contributed by atoms with E-state index < -0.39 is 10.0 Å². The minimum Gasteiger partial charge on any atom is -0.212 e. The Balaban J connectivity index is 2.62. The molecule has 0 amide bonds. The maximum Gasteiger partial charge on any atom is 0.212 e. The third-order valence-electron chi connectivity index (χ3n) is 3.06. The molecule has 1 N–H and O–H groups in total.